The fourth-order valence-electron chi connectivity index (χ4n) is 1.20. The lowest BCUT2D eigenvalue weighted by Crippen LogP contribution is -2.07. The van der Waals surface area contributed by atoms with Gasteiger partial charge in [0.1, 0.15) is 0 Å². The van der Waals surface area contributed by atoms with Gasteiger partial charge in [0.05, 0.1) is 29.9 Å². The second-order valence-corrected chi connectivity index (χ2v) is 3.16. The predicted molar refractivity (Wildman–Crippen MR) is 49.1 cm³/mol. The first-order valence-electron chi connectivity index (χ1n) is 4.48. The van der Waals surface area contributed by atoms with E-state index in [4.69, 9.17) is 5.26 Å². The van der Waals surface area contributed by atoms with Crippen molar-refractivity contribution < 1.29 is 0 Å². The molecule has 4 heteroatoms. The minimum absolute atomic E-state index is 0.349. The van der Waals surface area contributed by atoms with Crippen molar-refractivity contribution in [2.45, 2.75) is 39.7 Å². The summed E-state index contributed by atoms with van der Waals surface area (Å²) in [5, 5.41) is 16.5. The minimum atomic E-state index is 0.349. The highest BCUT2D eigenvalue weighted by Gasteiger charge is 2.11. The minimum Gasteiger partial charge on any atom is -0.247 e. The van der Waals surface area contributed by atoms with Crippen LogP contribution < -0.4 is 0 Å². The summed E-state index contributed by atoms with van der Waals surface area (Å²) in [4.78, 5) is 0. The van der Waals surface area contributed by atoms with E-state index in [0.717, 1.165) is 17.8 Å². The van der Waals surface area contributed by atoms with Gasteiger partial charge in [0.15, 0.2) is 0 Å². The SMILES string of the molecule is CCC(C)n1nnc(CC#N)c1C. The van der Waals surface area contributed by atoms with Crippen LogP contribution in [-0.4, -0.2) is 15.0 Å². The van der Waals surface area contributed by atoms with Crippen LogP contribution in [0.4, 0.5) is 0 Å². The van der Waals surface area contributed by atoms with Crippen LogP contribution in [0.5, 0.6) is 0 Å². The van der Waals surface area contributed by atoms with Gasteiger partial charge in [-0.25, -0.2) is 4.68 Å². The van der Waals surface area contributed by atoms with Gasteiger partial charge in [-0.15, -0.1) is 5.10 Å². The molecule has 0 aromatic carbocycles. The van der Waals surface area contributed by atoms with Gasteiger partial charge in [-0.2, -0.15) is 5.26 Å². The highest BCUT2D eigenvalue weighted by molar-refractivity contribution is 5.12. The van der Waals surface area contributed by atoms with Crippen molar-refractivity contribution in [3.63, 3.8) is 0 Å². The zero-order valence-electron chi connectivity index (χ0n) is 8.28. The Morgan fingerprint density at radius 3 is 2.85 bits per heavy atom. The smallest absolute Gasteiger partial charge is 0.0996 e. The van der Waals surface area contributed by atoms with Crippen molar-refractivity contribution in [3.8, 4) is 6.07 Å². The molecule has 13 heavy (non-hydrogen) atoms. The molecule has 70 valence electrons. The molecule has 0 saturated heterocycles. The van der Waals surface area contributed by atoms with E-state index in [1.807, 2.05) is 11.6 Å². The summed E-state index contributed by atoms with van der Waals surface area (Å²) in [5.41, 5.74) is 1.80. The first kappa shape index (κ1) is 9.72. The summed E-state index contributed by atoms with van der Waals surface area (Å²) in [6.07, 6.45) is 1.37. The van der Waals surface area contributed by atoms with Crippen molar-refractivity contribution in [2.24, 2.45) is 0 Å². The number of hydrogen-bond donors (Lipinski definition) is 0. The van der Waals surface area contributed by atoms with Crippen molar-refractivity contribution in [1.82, 2.24) is 15.0 Å². The summed E-state index contributed by atoms with van der Waals surface area (Å²) in [5.74, 6) is 0. The Kier molecular flexibility index (Phi) is 3.02. The standard InChI is InChI=1S/C9H14N4/c1-4-7(2)13-8(3)9(5-6-10)11-12-13/h7H,4-5H2,1-3H3. The lowest BCUT2D eigenvalue weighted by atomic mass is 10.2. The van der Waals surface area contributed by atoms with Gasteiger partial charge in [0.25, 0.3) is 0 Å². The summed E-state index contributed by atoms with van der Waals surface area (Å²) in [7, 11) is 0. The maximum absolute atomic E-state index is 8.52. The molecular formula is C9H14N4. The molecule has 0 bridgehead atoms. The molecule has 1 aromatic heterocycles. The fraction of sp³-hybridized carbons (Fsp3) is 0.667. The van der Waals surface area contributed by atoms with Gasteiger partial charge in [0.2, 0.25) is 0 Å². The summed E-state index contributed by atoms with van der Waals surface area (Å²) in [6.45, 7) is 6.16. The highest BCUT2D eigenvalue weighted by atomic mass is 15.4. The average Bonchev–Trinajstić information content (AvgIpc) is 2.48. The van der Waals surface area contributed by atoms with Crippen LogP contribution >= 0.6 is 0 Å². The highest BCUT2D eigenvalue weighted by Crippen LogP contribution is 2.13. The van der Waals surface area contributed by atoms with Crippen LogP contribution in [0, 0.1) is 18.3 Å². The summed E-state index contributed by atoms with van der Waals surface area (Å²) < 4.78 is 1.88. The zero-order chi connectivity index (χ0) is 9.84. The third-order valence-corrected chi connectivity index (χ3v) is 2.28. The largest absolute Gasteiger partial charge is 0.247 e. The Hall–Kier alpha value is -1.37. The third-order valence-electron chi connectivity index (χ3n) is 2.28. The molecular weight excluding hydrogens is 164 g/mol. The molecule has 0 aliphatic heterocycles. The molecule has 0 saturated carbocycles. The molecule has 1 atom stereocenters. The maximum Gasteiger partial charge on any atom is 0.0996 e. The van der Waals surface area contributed by atoms with Gasteiger partial charge in [-0.05, 0) is 20.3 Å². The molecule has 0 aliphatic rings. The number of hydrogen-bond acceptors (Lipinski definition) is 3. The van der Waals surface area contributed by atoms with Crippen LogP contribution in [-0.2, 0) is 6.42 Å². The van der Waals surface area contributed by atoms with E-state index in [2.05, 4.69) is 30.2 Å². The Labute approximate surface area is 78.2 Å². The number of aromatic nitrogens is 3. The van der Waals surface area contributed by atoms with E-state index in [0.29, 0.717) is 12.5 Å². The van der Waals surface area contributed by atoms with Crippen molar-refractivity contribution in [1.29, 1.82) is 5.26 Å². The Morgan fingerprint density at radius 1 is 1.62 bits per heavy atom. The van der Waals surface area contributed by atoms with Crippen molar-refractivity contribution in [2.75, 3.05) is 0 Å². The van der Waals surface area contributed by atoms with E-state index < -0.39 is 0 Å². The summed E-state index contributed by atoms with van der Waals surface area (Å²) >= 11 is 0. The fourth-order valence-corrected chi connectivity index (χ4v) is 1.20. The monoisotopic (exact) mass is 178 g/mol. The predicted octanol–water partition coefficient (Wildman–Crippen LogP) is 1.62. The van der Waals surface area contributed by atoms with Gasteiger partial charge in [-0.3, -0.25) is 0 Å². The van der Waals surface area contributed by atoms with Crippen molar-refractivity contribution >= 4 is 0 Å². The van der Waals surface area contributed by atoms with Gasteiger partial charge in [-0.1, -0.05) is 12.1 Å². The number of nitriles is 1. The molecule has 0 amide bonds. The Balaban J connectivity index is 2.93. The average molecular weight is 178 g/mol. The lowest BCUT2D eigenvalue weighted by molar-refractivity contribution is 0.455. The second kappa shape index (κ2) is 4.04. The van der Waals surface area contributed by atoms with E-state index in [1.165, 1.54) is 0 Å². The molecule has 1 aromatic rings. The molecule has 0 fully saturated rings. The molecule has 0 aliphatic carbocycles. The van der Waals surface area contributed by atoms with Crippen LogP contribution in [0.2, 0.25) is 0 Å². The molecule has 0 N–H and O–H groups in total. The number of rotatable bonds is 3. The Bertz CT molecular complexity index is 321. The molecule has 0 spiro atoms. The topological polar surface area (TPSA) is 54.5 Å². The van der Waals surface area contributed by atoms with Crippen LogP contribution in [0.1, 0.15) is 37.7 Å². The molecule has 1 heterocycles. The molecule has 1 rings (SSSR count). The zero-order valence-corrected chi connectivity index (χ0v) is 8.28. The van der Waals surface area contributed by atoms with Gasteiger partial charge in [0, 0.05) is 0 Å². The Morgan fingerprint density at radius 2 is 2.31 bits per heavy atom. The van der Waals surface area contributed by atoms with Gasteiger partial charge < -0.3 is 0 Å². The van der Waals surface area contributed by atoms with Crippen LogP contribution in [0.25, 0.3) is 0 Å². The van der Waals surface area contributed by atoms with Gasteiger partial charge >= 0.3 is 0 Å². The third kappa shape index (κ3) is 1.86. The lowest BCUT2D eigenvalue weighted by Gasteiger charge is -2.09. The van der Waals surface area contributed by atoms with E-state index >= 15 is 0 Å². The second-order valence-electron chi connectivity index (χ2n) is 3.16. The van der Waals surface area contributed by atoms with Crippen molar-refractivity contribution in [3.05, 3.63) is 11.4 Å². The first-order chi connectivity index (χ1) is 6.20. The van der Waals surface area contributed by atoms with E-state index in [-0.39, 0.29) is 0 Å². The van der Waals surface area contributed by atoms with Crippen LogP contribution in [0.15, 0.2) is 0 Å². The quantitative estimate of drug-likeness (QED) is 0.706. The van der Waals surface area contributed by atoms with Crippen LogP contribution in [0.3, 0.4) is 0 Å². The normalized spacial score (nSPS) is 12.5. The molecule has 0 radical (unpaired) electrons. The molecule has 1 unspecified atom stereocenters. The van der Waals surface area contributed by atoms with E-state index in [9.17, 15) is 0 Å². The first-order valence-corrected chi connectivity index (χ1v) is 4.48. The maximum atomic E-state index is 8.52. The summed E-state index contributed by atoms with van der Waals surface area (Å²) in [6, 6.07) is 2.44. The number of nitrogens with zero attached hydrogens (tertiary/aromatic N) is 4. The van der Waals surface area contributed by atoms with E-state index in [1.54, 1.807) is 0 Å². The molecule has 4 nitrogen and oxygen atoms in total.